The van der Waals surface area contributed by atoms with Crippen molar-refractivity contribution in [2.45, 2.75) is 19.4 Å². The van der Waals surface area contributed by atoms with E-state index in [9.17, 15) is 14.7 Å². The fourth-order valence-electron chi connectivity index (χ4n) is 4.40. The molecule has 1 aliphatic heterocycles. The fraction of sp³-hybridized carbons (Fsp3) is 0.318. The van der Waals surface area contributed by atoms with Gasteiger partial charge in [-0.05, 0) is 12.5 Å². The third-order valence-electron chi connectivity index (χ3n) is 6.14. The second kappa shape index (κ2) is 9.36. The molecule has 2 aliphatic rings. The van der Waals surface area contributed by atoms with E-state index in [0.29, 0.717) is 34.7 Å². The van der Waals surface area contributed by atoms with Crippen molar-refractivity contribution < 1.29 is 14.7 Å². The summed E-state index contributed by atoms with van der Waals surface area (Å²) in [5.41, 5.74) is 2.56. The molecule has 0 bridgehead atoms. The van der Waals surface area contributed by atoms with E-state index < -0.39 is 5.97 Å². The SMILES string of the molecule is Cc1[nH]c(C(=O)NC2[C@H]3CN(c4nc(Cc5ccccc5)c(C(=O)O)s4)C[C@@H]23)c(Cl)c1Cl.[LiH]. The predicted molar refractivity (Wildman–Crippen MR) is 131 cm³/mol. The molecular weight excluding hydrogens is 478 g/mol. The molecule has 168 valence electrons. The summed E-state index contributed by atoms with van der Waals surface area (Å²) >= 11 is 13.4. The first-order valence-corrected chi connectivity index (χ1v) is 11.8. The van der Waals surface area contributed by atoms with Crippen molar-refractivity contribution in [3.05, 3.63) is 67.9 Å². The molecule has 7 nitrogen and oxygen atoms in total. The normalized spacial score (nSPS) is 20.8. The van der Waals surface area contributed by atoms with Gasteiger partial charge in [-0.1, -0.05) is 64.9 Å². The van der Waals surface area contributed by atoms with Crippen LogP contribution < -0.4 is 10.2 Å². The Labute approximate surface area is 216 Å². The number of aromatic carboxylic acids is 1. The number of hydrogen-bond acceptors (Lipinski definition) is 5. The van der Waals surface area contributed by atoms with Crippen LogP contribution in [0, 0.1) is 18.8 Å². The van der Waals surface area contributed by atoms with Gasteiger partial charge in [0.1, 0.15) is 10.6 Å². The molecule has 11 heteroatoms. The van der Waals surface area contributed by atoms with E-state index in [-0.39, 0.29) is 46.4 Å². The third kappa shape index (κ3) is 4.55. The number of anilines is 1. The van der Waals surface area contributed by atoms with Gasteiger partial charge in [0.2, 0.25) is 0 Å². The number of hydrogen-bond donors (Lipinski definition) is 3. The summed E-state index contributed by atoms with van der Waals surface area (Å²) in [5.74, 6) is -0.604. The number of carbonyl (C=O) groups excluding carboxylic acids is 1. The molecule has 1 aliphatic carbocycles. The molecule has 2 fully saturated rings. The number of fused-ring (bicyclic) bond motifs is 1. The molecule has 0 spiro atoms. The van der Waals surface area contributed by atoms with Crippen LogP contribution in [0.5, 0.6) is 0 Å². The van der Waals surface area contributed by atoms with Crippen LogP contribution in [0.3, 0.4) is 0 Å². The van der Waals surface area contributed by atoms with Crippen LogP contribution in [0.4, 0.5) is 5.13 Å². The van der Waals surface area contributed by atoms with E-state index in [1.165, 1.54) is 11.3 Å². The number of benzene rings is 1. The van der Waals surface area contributed by atoms with E-state index in [2.05, 4.69) is 20.2 Å². The first-order chi connectivity index (χ1) is 15.3. The number of carboxylic acids is 1. The molecular formula is C22H21Cl2LiN4O3S. The van der Waals surface area contributed by atoms with Crippen molar-refractivity contribution in [2.24, 2.45) is 11.8 Å². The minimum absolute atomic E-state index is 0. The molecule has 0 radical (unpaired) electrons. The number of halogens is 2. The van der Waals surface area contributed by atoms with Crippen molar-refractivity contribution in [1.29, 1.82) is 0 Å². The van der Waals surface area contributed by atoms with Gasteiger partial charge in [0.05, 0.1) is 15.7 Å². The van der Waals surface area contributed by atoms with Gasteiger partial charge >= 0.3 is 24.8 Å². The van der Waals surface area contributed by atoms with Crippen LogP contribution in [0.25, 0.3) is 0 Å². The molecule has 3 aromatic rings. The van der Waals surface area contributed by atoms with Crippen LogP contribution >= 0.6 is 34.5 Å². The molecule has 3 N–H and O–H groups in total. The fourth-order valence-corrected chi connectivity index (χ4v) is 5.75. The van der Waals surface area contributed by atoms with E-state index >= 15 is 0 Å². The molecule has 1 saturated carbocycles. The number of amides is 1. The number of carboxylic acid groups (broad SMARTS) is 1. The summed E-state index contributed by atoms with van der Waals surface area (Å²) in [5, 5.41) is 14.0. The molecule has 2 aromatic heterocycles. The summed E-state index contributed by atoms with van der Waals surface area (Å²) in [7, 11) is 0. The number of piperidine rings is 1. The molecule has 3 heterocycles. The minimum atomic E-state index is -0.953. The zero-order valence-electron chi connectivity index (χ0n) is 17.1. The van der Waals surface area contributed by atoms with Crippen molar-refractivity contribution in [2.75, 3.05) is 18.0 Å². The van der Waals surface area contributed by atoms with Crippen LogP contribution in [-0.4, -0.2) is 64.9 Å². The van der Waals surface area contributed by atoms with Crippen LogP contribution in [0.2, 0.25) is 10.0 Å². The zero-order valence-corrected chi connectivity index (χ0v) is 19.4. The molecule has 5 rings (SSSR count). The molecule has 1 amide bonds. The summed E-state index contributed by atoms with van der Waals surface area (Å²) in [6, 6.07) is 9.80. The Morgan fingerprint density at radius 2 is 1.88 bits per heavy atom. The summed E-state index contributed by atoms with van der Waals surface area (Å²) in [6.07, 6.45) is 0.483. The zero-order chi connectivity index (χ0) is 22.6. The number of rotatable bonds is 6. The quantitative estimate of drug-likeness (QED) is 0.451. The van der Waals surface area contributed by atoms with Crippen LogP contribution in [0.15, 0.2) is 30.3 Å². The Morgan fingerprint density at radius 1 is 1.21 bits per heavy atom. The molecule has 1 saturated heterocycles. The summed E-state index contributed by atoms with van der Waals surface area (Å²) in [6.45, 7) is 3.22. The molecule has 1 aromatic carbocycles. The van der Waals surface area contributed by atoms with Gasteiger partial charge in [-0.2, -0.15) is 0 Å². The van der Waals surface area contributed by atoms with Crippen molar-refractivity contribution in [1.82, 2.24) is 15.3 Å². The van der Waals surface area contributed by atoms with E-state index in [4.69, 9.17) is 23.2 Å². The second-order valence-corrected chi connectivity index (χ2v) is 9.96. The Morgan fingerprint density at radius 3 is 2.45 bits per heavy atom. The second-order valence-electron chi connectivity index (χ2n) is 8.22. The summed E-state index contributed by atoms with van der Waals surface area (Å²) in [4.78, 5) is 34.3. The van der Waals surface area contributed by atoms with Crippen molar-refractivity contribution in [3.63, 3.8) is 0 Å². The number of nitrogens with zero attached hydrogens (tertiary/aromatic N) is 2. The maximum atomic E-state index is 12.6. The monoisotopic (exact) mass is 498 g/mol. The predicted octanol–water partition coefficient (Wildman–Crippen LogP) is 3.59. The van der Waals surface area contributed by atoms with Crippen LogP contribution in [-0.2, 0) is 6.42 Å². The Kier molecular flexibility index (Phi) is 6.86. The van der Waals surface area contributed by atoms with Crippen molar-refractivity contribution in [3.8, 4) is 0 Å². The molecule has 3 atom stereocenters. The first kappa shape index (κ1) is 24.2. The van der Waals surface area contributed by atoms with Gasteiger partial charge in [0, 0.05) is 43.1 Å². The average molecular weight is 499 g/mol. The van der Waals surface area contributed by atoms with Gasteiger partial charge < -0.3 is 20.3 Å². The molecule has 33 heavy (non-hydrogen) atoms. The van der Waals surface area contributed by atoms with Crippen LogP contribution in [0.1, 0.15) is 37.1 Å². The van der Waals surface area contributed by atoms with E-state index in [1.54, 1.807) is 6.92 Å². The first-order valence-electron chi connectivity index (χ1n) is 10.2. The Bertz CT molecular complexity index is 1200. The standard InChI is InChI=1S/C22H20Cl2N4O3S.Li.H/c1-10-15(23)16(24)18(25-10)20(29)27-17-12-8-28(9-13(12)17)22-26-14(19(32-22)21(30)31)7-11-5-3-2-4-6-11;;/h2-6,12-13,17,25H,7-9H2,1H3,(H,27,29)(H,30,31);;/t12-,13+,17?;;. The maximum absolute atomic E-state index is 12.6. The number of H-pyrrole nitrogens is 1. The van der Waals surface area contributed by atoms with Gasteiger partial charge in [-0.25, -0.2) is 9.78 Å². The number of aromatic nitrogens is 2. The van der Waals surface area contributed by atoms with Gasteiger partial charge in [0.25, 0.3) is 5.91 Å². The van der Waals surface area contributed by atoms with Crippen molar-refractivity contribution >= 4 is 70.4 Å². The number of nitrogens with one attached hydrogen (secondary N) is 2. The topological polar surface area (TPSA) is 98.3 Å². The third-order valence-corrected chi connectivity index (χ3v) is 8.23. The Hall–Kier alpha value is -1.95. The average Bonchev–Trinajstić information content (AvgIpc) is 3.14. The number of aryl methyl sites for hydroxylation is 1. The van der Waals surface area contributed by atoms with Gasteiger partial charge in [0.15, 0.2) is 5.13 Å². The summed E-state index contributed by atoms with van der Waals surface area (Å²) < 4.78 is 0. The Balaban J connectivity index is 0.00000259. The number of carbonyl (C=O) groups is 2. The molecule has 1 unspecified atom stereocenters. The number of thiazole rings is 1. The number of aromatic amines is 1. The van der Waals surface area contributed by atoms with Gasteiger partial charge in [-0.3, -0.25) is 4.79 Å². The van der Waals surface area contributed by atoms with Gasteiger partial charge in [-0.15, -0.1) is 0 Å². The van der Waals surface area contributed by atoms with E-state index in [1.807, 2.05) is 30.3 Å². The van der Waals surface area contributed by atoms with E-state index in [0.717, 1.165) is 23.8 Å².